The zero-order chi connectivity index (χ0) is 64.2. The lowest BCUT2D eigenvalue weighted by Gasteiger charge is -2.22. The van der Waals surface area contributed by atoms with Crippen molar-refractivity contribution >= 4 is 11.9 Å². The van der Waals surface area contributed by atoms with E-state index < -0.39 is 12.1 Å². The van der Waals surface area contributed by atoms with E-state index in [1.807, 2.05) is 0 Å². The van der Waals surface area contributed by atoms with Crippen LogP contribution in [0, 0.1) is 0 Å². The Labute approximate surface area is 558 Å². The molecule has 2 unspecified atom stereocenters. The van der Waals surface area contributed by atoms with Crippen molar-refractivity contribution in [3.8, 4) is 0 Å². The van der Waals surface area contributed by atoms with E-state index in [0.717, 1.165) is 44.9 Å². The van der Waals surface area contributed by atoms with Crippen molar-refractivity contribution in [3.05, 3.63) is 24.3 Å². The number of esters is 1. The normalized spacial score (nSPS) is 12.5. The van der Waals surface area contributed by atoms with Crippen molar-refractivity contribution in [3.63, 3.8) is 0 Å². The fourth-order valence-corrected chi connectivity index (χ4v) is 13.3. The Kier molecular flexibility index (Phi) is 77.3. The maximum Gasteiger partial charge on any atom is 0.305 e. The van der Waals surface area contributed by atoms with Crippen molar-refractivity contribution in [2.45, 2.75) is 482 Å². The molecule has 0 aromatic carbocycles. The molecular formula is C83H161NO5. The Bertz CT molecular complexity index is 1400. The lowest BCUT2D eigenvalue weighted by atomic mass is 10.0. The second kappa shape index (κ2) is 78.8. The summed E-state index contributed by atoms with van der Waals surface area (Å²) < 4.78 is 5.51. The summed E-state index contributed by atoms with van der Waals surface area (Å²) in [6.45, 7) is 5.01. The van der Waals surface area contributed by atoms with Gasteiger partial charge in [0.2, 0.25) is 5.91 Å². The molecule has 3 N–H and O–H groups in total. The topological polar surface area (TPSA) is 95.9 Å². The number of unbranched alkanes of at least 4 members (excludes halogenated alkanes) is 63. The van der Waals surface area contributed by atoms with Crippen molar-refractivity contribution in [1.29, 1.82) is 0 Å². The monoisotopic (exact) mass is 1250 g/mol. The van der Waals surface area contributed by atoms with Crippen molar-refractivity contribution in [2.24, 2.45) is 0 Å². The van der Waals surface area contributed by atoms with Gasteiger partial charge in [0.15, 0.2) is 0 Å². The first-order valence-corrected chi connectivity index (χ1v) is 41.1. The highest BCUT2D eigenvalue weighted by Gasteiger charge is 2.20. The molecule has 6 nitrogen and oxygen atoms in total. The summed E-state index contributed by atoms with van der Waals surface area (Å²) in [4.78, 5) is 24.7. The second-order valence-electron chi connectivity index (χ2n) is 28.5. The number of aliphatic hydroxyl groups excluding tert-OH is 2. The van der Waals surface area contributed by atoms with Crippen LogP contribution in [-0.4, -0.2) is 47.4 Å². The number of allylic oxidation sites excluding steroid dienone is 4. The van der Waals surface area contributed by atoms with Gasteiger partial charge in [-0.1, -0.05) is 423 Å². The molecule has 0 rings (SSSR count). The maximum absolute atomic E-state index is 12.6. The summed E-state index contributed by atoms with van der Waals surface area (Å²) in [5.74, 6) is -0.0123. The number of rotatable bonds is 78. The molecule has 0 bridgehead atoms. The Hall–Kier alpha value is -1.66. The number of aliphatic hydroxyl groups is 2. The van der Waals surface area contributed by atoms with Gasteiger partial charge in [-0.15, -0.1) is 0 Å². The minimum atomic E-state index is -0.667. The Morgan fingerprint density at radius 1 is 0.315 bits per heavy atom. The minimum absolute atomic E-state index is 0.0177. The van der Waals surface area contributed by atoms with Crippen LogP contribution in [0.1, 0.15) is 470 Å². The standard InChI is InChI=1S/C83H161NO5/c1-3-5-7-9-11-13-15-17-19-21-23-24-25-31-34-37-40-43-47-51-55-59-63-67-71-75-81(86)80(79-85)84-82(87)76-72-68-64-60-56-52-48-44-41-38-35-32-29-27-26-28-30-33-36-39-42-46-50-54-58-62-66-70-74-78-89-83(88)77-73-69-65-61-57-53-49-45-22-20-18-16-14-12-10-8-6-4-2/h26,28,33,36,80-81,85-86H,3-25,27,29-32,34-35,37-79H2,1-2H3,(H,84,87)/b28-26-,36-33-. The number of hydrogen-bond donors (Lipinski definition) is 3. The van der Waals surface area contributed by atoms with Crippen LogP contribution in [0.3, 0.4) is 0 Å². The zero-order valence-electron chi connectivity index (χ0n) is 60.7. The summed E-state index contributed by atoms with van der Waals surface area (Å²) in [5, 5.41) is 23.5. The molecule has 0 saturated heterocycles. The second-order valence-corrected chi connectivity index (χ2v) is 28.5. The molecule has 0 aromatic heterocycles. The van der Waals surface area contributed by atoms with E-state index in [0.29, 0.717) is 25.9 Å². The van der Waals surface area contributed by atoms with Crippen LogP contribution in [0.15, 0.2) is 24.3 Å². The van der Waals surface area contributed by atoms with Crippen LogP contribution in [0.5, 0.6) is 0 Å². The molecule has 0 aliphatic carbocycles. The number of hydrogen-bond acceptors (Lipinski definition) is 5. The van der Waals surface area contributed by atoms with E-state index in [1.54, 1.807) is 0 Å². The highest BCUT2D eigenvalue weighted by atomic mass is 16.5. The Morgan fingerprint density at radius 3 is 0.854 bits per heavy atom. The van der Waals surface area contributed by atoms with Gasteiger partial charge in [-0.2, -0.15) is 0 Å². The quantitative estimate of drug-likeness (QED) is 0.0320. The molecule has 0 heterocycles. The average Bonchev–Trinajstić information content (AvgIpc) is 3.59. The highest BCUT2D eigenvalue weighted by molar-refractivity contribution is 5.76. The molecule has 0 radical (unpaired) electrons. The van der Waals surface area contributed by atoms with Gasteiger partial charge < -0.3 is 20.3 Å². The Balaban J connectivity index is 3.39. The predicted molar refractivity (Wildman–Crippen MR) is 393 cm³/mol. The van der Waals surface area contributed by atoms with Crippen molar-refractivity contribution in [2.75, 3.05) is 13.2 Å². The third-order valence-electron chi connectivity index (χ3n) is 19.5. The van der Waals surface area contributed by atoms with Crippen molar-refractivity contribution < 1.29 is 24.5 Å². The SMILES string of the molecule is CCCCCCCCCCCCCCCCCCCCCCCCCCCC(O)C(CO)NC(=O)CCCCCCCCCCCCCCC/C=C\C/C=C\CCCCCCCCCCCOC(=O)CCCCCCCCCCCCCCCCCCCC. The molecule has 0 saturated carbocycles. The summed E-state index contributed by atoms with van der Waals surface area (Å²) >= 11 is 0. The predicted octanol–water partition coefficient (Wildman–Crippen LogP) is 27.2. The highest BCUT2D eigenvalue weighted by Crippen LogP contribution is 2.20. The van der Waals surface area contributed by atoms with Crippen LogP contribution in [0.25, 0.3) is 0 Å². The van der Waals surface area contributed by atoms with Gasteiger partial charge in [0.1, 0.15) is 0 Å². The van der Waals surface area contributed by atoms with Gasteiger partial charge in [-0.3, -0.25) is 9.59 Å². The summed E-state index contributed by atoms with van der Waals surface area (Å²) in [5.41, 5.74) is 0. The molecular weight excluding hydrogens is 1090 g/mol. The smallest absolute Gasteiger partial charge is 0.305 e. The van der Waals surface area contributed by atoms with Crippen LogP contribution < -0.4 is 5.32 Å². The van der Waals surface area contributed by atoms with E-state index in [4.69, 9.17) is 4.74 Å². The molecule has 1 amide bonds. The molecule has 0 fully saturated rings. The third-order valence-corrected chi connectivity index (χ3v) is 19.5. The average molecular weight is 1250 g/mol. The summed E-state index contributed by atoms with van der Waals surface area (Å²) in [6.07, 6.45) is 101. The molecule has 6 heteroatoms. The third kappa shape index (κ3) is 75.3. The molecule has 89 heavy (non-hydrogen) atoms. The lowest BCUT2D eigenvalue weighted by Crippen LogP contribution is -2.45. The van der Waals surface area contributed by atoms with Crippen molar-refractivity contribution in [1.82, 2.24) is 5.32 Å². The van der Waals surface area contributed by atoms with Gasteiger partial charge in [-0.25, -0.2) is 0 Å². The Morgan fingerprint density at radius 2 is 0.562 bits per heavy atom. The first-order chi connectivity index (χ1) is 44.0. The summed E-state index contributed by atoms with van der Waals surface area (Å²) in [6, 6.07) is -0.544. The molecule has 0 aliphatic rings. The minimum Gasteiger partial charge on any atom is -0.466 e. The van der Waals surface area contributed by atoms with Gasteiger partial charge in [-0.05, 0) is 57.8 Å². The van der Waals surface area contributed by atoms with Crippen LogP contribution >= 0.6 is 0 Å². The van der Waals surface area contributed by atoms with E-state index in [9.17, 15) is 19.8 Å². The van der Waals surface area contributed by atoms with Crippen LogP contribution in [0.2, 0.25) is 0 Å². The fraction of sp³-hybridized carbons (Fsp3) is 0.928. The largest absolute Gasteiger partial charge is 0.466 e. The van der Waals surface area contributed by atoms with Gasteiger partial charge in [0.25, 0.3) is 0 Å². The lowest BCUT2D eigenvalue weighted by molar-refractivity contribution is -0.143. The number of ether oxygens (including phenoxy) is 1. The molecule has 528 valence electrons. The first-order valence-electron chi connectivity index (χ1n) is 41.1. The molecule has 0 aliphatic heterocycles. The first kappa shape index (κ1) is 87.3. The van der Waals surface area contributed by atoms with E-state index in [2.05, 4.69) is 43.5 Å². The van der Waals surface area contributed by atoms with E-state index in [-0.39, 0.29) is 18.5 Å². The molecule has 0 aromatic rings. The van der Waals surface area contributed by atoms with E-state index >= 15 is 0 Å². The van der Waals surface area contributed by atoms with Gasteiger partial charge in [0, 0.05) is 12.8 Å². The maximum atomic E-state index is 12.6. The molecule has 0 spiro atoms. The fourth-order valence-electron chi connectivity index (χ4n) is 13.3. The molecule has 2 atom stereocenters. The number of nitrogens with one attached hydrogen (secondary N) is 1. The van der Waals surface area contributed by atoms with Crippen LogP contribution in [-0.2, 0) is 14.3 Å². The van der Waals surface area contributed by atoms with Gasteiger partial charge >= 0.3 is 5.97 Å². The number of amides is 1. The van der Waals surface area contributed by atoms with Crippen LogP contribution in [0.4, 0.5) is 0 Å². The number of carbonyl (C=O) groups is 2. The summed E-state index contributed by atoms with van der Waals surface area (Å²) in [7, 11) is 0. The van der Waals surface area contributed by atoms with E-state index in [1.165, 1.54) is 392 Å². The zero-order valence-corrected chi connectivity index (χ0v) is 60.7. The number of carbonyl (C=O) groups excluding carboxylic acids is 2. The van der Waals surface area contributed by atoms with Gasteiger partial charge in [0.05, 0.1) is 25.4 Å².